The Morgan fingerprint density at radius 2 is 2.00 bits per heavy atom. The molecule has 0 spiro atoms. The Labute approximate surface area is 124 Å². The zero-order valence-electron chi connectivity index (χ0n) is 10.6. The Morgan fingerprint density at radius 3 is 2.75 bits per heavy atom. The Kier molecular flexibility index (Phi) is 3.54. The second-order valence-electron chi connectivity index (χ2n) is 4.69. The van der Waals surface area contributed by atoms with Crippen LogP contribution in [0.4, 0.5) is 4.39 Å². The molecule has 3 nitrogen and oxygen atoms in total. The smallest absolute Gasteiger partial charge is 0.139 e. The summed E-state index contributed by atoms with van der Waals surface area (Å²) in [5, 5.41) is 0. The number of aromatic amines is 1. The van der Waals surface area contributed by atoms with Crippen molar-refractivity contribution in [2.45, 2.75) is 12.5 Å². The van der Waals surface area contributed by atoms with Crippen LogP contribution in [-0.2, 0) is 6.42 Å². The van der Waals surface area contributed by atoms with Crippen LogP contribution in [0.5, 0.6) is 0 Å². The van der Waals surface area contributed by atoms with Gasteiger partial charge in [-0.1, -0.05) is 30.3 Å². The van der Waals surface area contributed by atoms with E-state index in [-0.39, 0.29) is 11.9 Å². The number of aromatic nitrogens is 2. The molecule has 0 saturated heterocycles. The second-order valence-corrected chi connectivity index (χ2v) is 5.54. The first-order chi connectivity index (χ1) is 9.63. The standard InChI is InChI=1S/C15H13BrFN3/c16-10-6-13-14(7-11(10)17)20-15(19-13)8-12(18)9-4-2-1-3-5-9/h1-7,12H,8,18H2,(H,19,20). The van der Waals surface area contributed by atoms with Gasteiger partial charge in [0.2, 0.25) is 0 Å². The molecule has 0 fully saturated rings. The van der Waals surface area contributed by atoms with E-state index in [9.17, 15) is 4.39 Å². The van der Waals surface area contributed by atoms with Gasteiger partial charge in [0.15, 0.2) is 0 Å². The summed E-state index contributed by atoms with van der Waals surface area (Å²) >= 11 is 3.16. The molecular formula is C15H13BrFN3. The highest BCUT2D eigenvalue weighted by atomic mass is 79.9. The van der Waals surface area contributed by atoms with E-state index in [1.807, 2.05) is 30.3 Å². The molecule has 3 rings (SSSR count). The van der Waals surface area contributed by atoms with Gasteiger partial charge < -0.3 is 10.7 Å². The topological polar surface area (TPSA) is 54.7 Å². The van der Waals surface area contributed by atoms with Gasteiger partial charge in [-0.15, -0.1) is 0 Å². The predicted octanol–water partition coefficient (Wildman–Crippen LogP) is 3.71. The van der Waals surface area contributed by atoms with Gasteiger partial charge >= 0.3 is 0 Å². The number of imidazole rings is 1. The lowest BCUT2D eigenvalue weighted by Gasteiger charge is -2.09. The fraction of sp³-hybridized carbons (Fsp3) is 0.133. The zero-order chi connectivity index (χ0) is 14.1. The molecule has 1 atom stereocenters. The Bertz CT molecular complexity index is 700. The molecular weight excluding hydrogens is 321 g/mol. The molecule has 0 aliphatic rings. The average molecular weight is 334 g/mol. The van der Waals surface area contributed by atoms with Crippen LogP contribution in [0, 0.1) is 5.82 Å². The van der Waals surface area contributed by atoms with Crippen LogP contribution >= 0.6 is 15.9 Å². The van der Waals surface area contributed by atoms with E-state index in [0.717, 1.165) is 16.9 Å². The number of hydrogen-bond donors (Lipinski definition) is 2. The van der Waals surface area contributed by atoms with Crippen molar-refractivity contribution in [3.63, 3.8) is 0 Å². The third-order valence-corrected chi connectivity index (χ3v) is 3.82. The van der Waals surface area contributed by atoms with E-state index in [0.29, 0.717) is 16.4 Å². The minimum atomic E-state index is -0.306. The van der Waals surface area contributed by atoms with Crippen molar-refractivity contribution in [1.29, 1.82) is 0 Å². The SMILES string of the molecule is NC(Cc1nc2cc(Br)c(F)cc2[nH]1)c1ccccc1. The highest BCUT2D eigenvalue weighted by molar-refractivity contribution is 9.10. The quantitative estimate of drug-likeness (QED) is 0.767. The van der Waals surface area contributed by atoms with Gasteiger partial charge in [-0.2, -0.15) is 0 Å². The predicted molar refractivity (Wildman–Crippen MR) is 80.8 cm³/mol. The minimum absolute atomic E-state index is 0.134. The van der Waals surface area contributed by atoms with Crippen molar-refractivity contribution in [2.75, 3.05) is 0 Å². The lowest BCUT2D eigenvalue weighted by atomic mass is 10.0. The molecule has 1 unspecified atom stereocenters. The van der Waals surface area contributed by atoms with Gasteiger partial charge in [-0.05, 0) is 27.6 Å². The van der Waals surface area contributed by atoms with Crippen molar-refractivity contribution >= 4 is 27.0 Å². The van der Waals surface area contributed by atoms with E-state index in [1.54, 1.807) is 6.07 Å². The molecule has 0 bridgehead atoms. The fourth-order valence-electron chi connectivity index (χ4n) is 2.18. The molecule has 2 aromatic carbocycles. The number of nitrogens with zero attached hydrogens (tertiary/aromatic N) is 1. The third kappa shape index (κ3) is 2.59. The van der Waals surface area contributed by atoms with Crippen LogP contribution in [0.1, 0.15) is 17.4 Å². The highest BCUT2D eigenvalue weighted by Gasteiger charge is 2.11. The summed E-state index contributed by atoms with van der Waals surface area (Å²) in [6, 6.07) is 12.8. The number of halogens is 2. The molecule has 3 aromatic rings. The van der Waals surface area contributed by atoms with Gasteiger partial charge in [0.25, 0.3) is 0 Å². The molecule has 1 aromatic heterocycles. The maximum atomic E-state index is 13.5. The summed E-state index contributed by atoms with van der Waals surface area (Å²) in [6.45, 7) is 0. The summed E-state index contributed by atoms with van der Waals surface area (Å²) in [7, 11) is 0. The Balaban J connectivity index is 1.88. The monoisotopic (exact) mass is 333 g/mol. The maximum Gasteiger partial charge on any atom is 0.139 e. The minimum Gasteiger partial charge on any atom is -0.342 e. The number of benzene rings is 2. The van der Waals surface area contributed by atoms with Gasteiger partial charge in [-0.25, -0.2) is 9.37 Å². The first-order valence-electron chi connectivity index (χ1n) is 6.27. The first kappa shape index (κ1) is 13.3. The van der Waals surface area contributed by atoms with Crippen LogP contribution < -0.4 is 5.73 Å². The summed E-state index contributed by atoms with van der Waals surface area (Å²) in [5.74, 6) is 0.453. The molecule has 102 valence electrons. The van der Waals surface area contributed by atoms with Crippen LogP contribution in [0.3, 0.4) is 0 Å². The van der Waals surface area contributed by atoms with Crippen LogP contribution in [0.2, 0.25) is 0 Å². The summed E-state index contributed by atoms with van der Waals surface area (Å²) in [5.41, 5.74) is 8.63. The fourth-order valence-corrected chi connectivity index (χ4v) is 2.51. The number of nitrogens with one attached hydrogen (secondary N) is 1. The Morgan fingerprint density at radius 1 is 1.25 bits per heavy atom. The van der Waals surface area contributed by atoms with Gasteiger partial charge in [0.1, 0.15) is 11.6 Å². The summed E-state index contributed by atoms with van der Waals surface area (Å²) in [6.07, 6.45) is 0.581. The molecule has 3 N–H and O–H groups in total. The van der Waals surface area contributed by atoms with Crippen LogP contribution in [0.25, 0.3) is 11.0 Å². The number of fused-ring (bicyclic) bond motifs is 1. The molecule has 5 heteroatoms. The molecule has 0 aliphatic heterocycles. The molecule has 1 heterocycles. The van der Waals surface area contributed by atoms with Gasteiger partial charge in [-0.3, -0.25) is 0 Å². The van der Waals surface area contributed by atoms with Gasteiger partial charge in [0, 0.05) is 18.5 Å². The number of rotatable bonds is 3. The summed E-state index contributed by atoms with van der Waals surface area (Å²) in [4.78, 5) is 7.56. The number of H-pyrrole nitrogens is 1. The average Bonchev–Trinajstić information content (AvgIpc) is 2.81. The molecule has 0 saturated carbocycles. The number of hydrogen-bond acceptors (Lipinski definition) is 2. The number of nitrogens with two attached hydrogens (primary N) is 1. The molecule has 0 amide bonds. The van der Waals surface area contributed by atoms with Crippen molar-refractivity contribution in [1.82, 2.24) is 9.97 Å². The van der Waals surface area contributed by atoms with Crippen molar-refractivity contribution < 1.29 is 4.39 Å². The van der Waals surface area contributed by atoms with E-state index in [2.05, 4.69) is 25.9 Å². The van der Waals surface area contributed by atoms with E-state index < -0.39 is 0 Å². The highest BCUT2D eigenvalue weighted by Crippen LogP contribution is 2.23. The Hall–Kier alpha value is -1.72. The normalized spacial score (nSPS) is 12.8. The molecule has 0 radical (unpaired) electrons. The largest absolute Gasteiger partial charge is 0.342 e. The van der Waals surface area contributed by atoms with Crippen LogP contribution in [-0.4, -0.2) is 9.97 Å². The van der Waals surface area contributed by atoms with Crippen LogP contribution in [0.15, 0.2) is 46.9 Å². The molecule has 0 aliphatic carbocycles. The maximum absolute atomic E-state index is 13.5. The zero-order valence-corrected chi connectivity index (χ0v) is 12.2. The lowest BCUT2D eigenvalue weighted by Crippen LogP contribution is -2.13. The van der Waals surface area contributed by atoms with Gasteiger partial charge in [0.05, 0.1) is 15.5 Å². The first-order valence-corrected chi connectivity index (χ1v) is 7.07. The van der Waals surface area contributed by atoms with E-state index in [4.69, 9.17) is 5.73 Å². The second kappa shape index (κ2) is 5.34. The van der Waals surface area contributed by atoms with E-state index in [1.165, 1.54) is 6.07 Å². The lowest BCUT2D eigenvalue weighted by molar-refractivity contribution is 0.623. The van der Waals surface area contributed by atoms with Crippen molar-refractivity contribution in [2.24, 2.45) is 5.73 Å². The third-order valence-electron chi connectivity index (χ3n) is 3.21. The summed E-state index contributed by atoms with van der Waals surface area (Å²) < 4.78 is 13.9. The van der Waals surface area contributed by atoms with Crippen molar-refractivity contribution in [3.8, 4) is 0 Å². The van der Waals surface area contributed by atoms with Crippen molar-refractivity contribution in [3.05, 3.63) is 64.1 Å². The van der Waals surface area contributed by atoms with E-state index >= 15 is 0 Å². The molecule has 20 heavy (non-hydrogen) atoms.